The first-order chi connectivity index (χ1) is 14.8. The normalized spacial score (nSPS) is 13.4. The first kappa shape index (κ1) is 19.0. The van der Waals surface area contributed by atoms with Crippen LogP contribution in [0.15, 0.2) is 46.4 Å². The van der Waals surface area contributed by atoms with Crippen molar-refractivity contribution >= 4 is 28.9 Å². The van der Waals surface area contributed by atoms with Crippen molar-refractivity contribution in [3.05, 3.63) is 82.1 Å². The molecule has 0 radical (unpaired) electrons. The van der Waals surface area contributed by atoms with Crippen molar-refractivity contribution in [2.24, 2.45) is 7.05 Å². The second kappa shape index (κ2) is 6.49. The maximum absolute atomic E-state index is 14.0. The van der Waals surface area contributed by atoms with E-state index >= 15 is 0 Å². The molecule has 31 heavy (non-hydrogen) atoms. The van der Waals surface area contributed by atoms with Crippen LogP contribution in [0.25, 0.3) is 28.7 Å². The van der Waals surface area contributed by atoms with E-state index in [9.17, 15) is 27.2 Å². The predicted molar refractivity (Wildman–Crippen MR) is 101 cm³/mol. The van der Waals surface area contributed by atoms with Gasteiger partial charge in [0.2, 0.25) is 17.3 Å². The fourth-order valence-electron chi connectivity index (χ4n) is 3.62. The summed E-state index contributed by atoms with van der Waals surface area (Å²) >= 11 is 0. The Morgan fingerprint density at radius 2 is 1.48 bits per heavy atom. The Kier molecular flexibility index (Phi) is 3.98. The Morgan fingerprint density at radius 1 is 0.903 bits per heavy atom. The summed E-state index contributed by atoms with van der Waals surface area (Å²) in [7, 11) is 1.74. The summed E-state index contributed by atoms with van der Waals surface area (Å²) in [6, 6.07) is 10.8. The summed E-state index contributed by atoms with van der Waals surface area (Å²) in [5.41, 5.74) is -1.35. The molecule has 2 aromatic carbocycles. The number of Topliss-reactive ketones (excluding diaryl/α,β-unsaturated/α-hetero) is 2. The zero-order chi connectivity index (χ0) is 22.0. The number of aromatic nitrogens is 2. The van der Waals surface area contributed by atoms with Crippen molar-refractivity contribution in [2.45, 2.75) is 0 Å². The van der Waals surface area contributed by atoms with Crippen molar-refractivity contribution in [3.63, 3.8) is 0 Å². The summed E-state index contributed by atoms with van der Waals surface area (Å²) in [6.45, 7) is 0. The highest BCUT2D eigenvalue weighted by atomic mass is 19.2. The number of hydrogen-bond acceptors (Lipinski definition) is 4. The molecule has 0 aliphatic heterocycles. The third kappa shape index (κ3) is 2.59. The number of furan rings is 1. The molecule has 5 nitrogen and oxygen atoms in total. The quantitative estimate of drug-likeness (QED) is 0.151. The molecule has 0 fully saturated rings. The zero-order valence-corrected chi connectivity index (χ0v) is 15.7. The molecule has 0 saturated heterocycles. The van der Waals surface area contributed by atoms with E-state index in [1.165, 1.54) is 6.07 Å². The third-order valence-corrected chi connectivity index (χ3v) is 5.13. The highest BCUT2D eigenvalue weighted by Crippen LogP contribution is 2.35. The lowest BCUT2D eigenvalue weighted by molar-refractivity contribution is 0.0988. The van der Waals surface area contributed by atoms with Crippen LogP contribution in [0.1, 0.15) is 26.5 Å². The largest absolute Gasteiger partial charge is 0.437 e. The van der Waals surface area contributed by atoms with E-state index in [4.69, 9.17) is 4.42 Å². The Bertz CT molecular complexity index is 1420. The van der Waals surface area contributed by atoms with E-state index in [2.05, 4.69) is 4.98 Å². The summed E-state index contributed by atoms with van der Waals surface area (Å²) < 4.78 is 62.4. The summed E-state index contributed by atoms with van der Waals surface area (Å²) in [6.07, 6.45) is 0.975. The molecule has 1 aliphatic carbocycles. The molecule has 5 rings (SSSR count). The van der Waals surface area contributed by atoms with E-state index in [1.807, 2.05) is 30.3 Å². The van der Waals surface area contributed by atoms with E-state index < -0.39 is 51.5 Å². The van der Waals surface area contributed by atoms with Crippen LogP contribution in [0.2, 0.25) is 0 Å². The van der Waals surface area contributed by atoms with Crippen LogP contribution < -0.4 is 0 Å². The van der Waals surface area contributed by atoms with Crippen molar-refractivity contribution in [3.8, 4) is 11.4 Å². The number of allylic oxidation sites excluding steroid dienone is 1. The molecular weight excluding hydrogens is 416 g/mol. The predicted octanol–water partition coefficient (Wildman–Crippen LogP) is 4.85. The number of halogens is 4. The number of fused-ring (bicyclic) bond motifs is 2. The van der Waals surface area contributed by atoms with Gasteiger partial charge in [0, 0.05) is 18.7 Å². The van der Waals surface area contributed by atoms with Gasteiger partial charge in [0.15, 0.2) is 23.3 Å². The lowest BCUT2D eigenvalue weighted by Crippen LogP contribution is -2.07. The number of carbonyl (C=O) groups excluding carboxylic acids is 2. The fraction of sp³-hybridized carbons (Fsp3) is 0.0455. The van der Waals surface area contributed by atoms with Gasteiger partial charge in [-0.2, -0.15) is 4.98 Å². The van der Waals surface area contributed by atoms with Gasteiger partial charge in [-0.1, -0.05) is 30.3 Å². The molecule has 154 valence electrons. The van der Waals surface area contributed by atoms with Crippen LogP contribution in [-0.4, -0.2) is 21.1 Å². The fourth-order valence-corrected chi connectivity index (χ4v) is 3.62. The van der Waals surface area contributed by atoms with E-state index in [1.54, 1.807) is 11.6 Å². The smallest absolute Gasteiger partial charge is 0.245 e. The molecule has 0 spiro atoms. The van der Waals surface area contributed by atoms with Crippen LogP contribution >= 0.6 is 0 Å². The average Bonchev–Trinajstić information content (AvgIpc) is 3.38. The maximum Gasteiger partial charge on any atom is 0.245 e. The Balaban J connectivity index is 1.60. The van der Waals surface area contributed by atoms with Gasteiger partial charge in [-0.05, 0) is 6.08 Å². The molecule has 2 heterocycles. The van der Waals surface area contributed by atoms with Gasteiger partial charge in [0.25, 0.3) is 0 Å². The standard InChI is InChI=1S/C22H10F4N2O3/c1-28-12-8-10(31-22(12)27-21(28)9-5-3-2-4-6-9)7-11-19(29)13-14(20(11)30)16(24)18(26)17(25)15(13)23/h2-8H,1H3. The number of ketones is 2. The molecule has 9 heteroatoms. The minimum atomic E-state index is -2.15. The Labute approximate surface area is 171 Å². The molecule has 2 aromatic heterocycles. The lowest BCUT2D eigenvalue weighted by Gasteiger charge is -2.02. The monoisotopic (exact) mass is 426 g/mol. The minimum absolute atomic E-state index is 0.0129. The molecule has 0 bridgehead atoms. The van der Waals surface area contributed by atoms with Gasteiger partial charge < -0.3 is 8.98 Å². The van der Waals surface area contributed by atoms with Crippen LogP contribution in [0.5, 0.6) is 0 Å². The molecule has 0 amide bonds. The first-order valence-corrected chi connectivity index (χ1v) is 8.98. The maximum atomic E-state index is 14.0. The Morgan fingerprint density at radius 3 is 2.03 bits per heavy atom. The summed E-state index contributed by atoms with van der Waals surface area (Å²) in [5.74, 6) is -10.0. The van der Waals surface area contributed by atoms with Crippen molar-refractivity contribution < 1.29 is 31.6 Å². The number of benzene rings is 2. The highest BCUT2D eigenvalue weighted by molar-refractivity contribution is 6.41. The number of hydrogen-bond donors (Lipinski definition) is 0. The SMILES string of the molecule is Cn1c(-c2ccccc2)nc2oc(C=C3C(=O)c4c(F)c(F)c(F)c(F)c4C3=O)cc21. The van der Waals surface area contributed by atoms with E-state index in [0.29, 0.717) is 11.3 Å². The molecule has 0 N–H and O–H groups in total. The van der Waals surface area contributed by atoms with Gasteiger partial charge in [-0.15, -0.1) is 0 Å². The molecule has 0 atom stereocenters. The number of nitrogens with zero attached hydrogens (tertiary/aromatic N) is 2. The molecular formula is C22H10F4N2O3. The number of aryl methyl sites for hydroxylation is 1. The zero-order valence-electron chi connectivity index (χ0n) is 15.7. The van der Waals surface area contributed by atoms with Crippen LogP contribution in [0, 0.1) is 23.3 Å². The van der Waals surface area contributed by atoms with Crippen LogP contribution in [0.4, 0.5) is 17.6 Å². The second-order valence-corrected chi connectivity index (χ2v) is 6.92. The number of rotatable bonds is 2. The molecule has 1 aliphatic rings. The van der Waals surface area contributed by atoms with Crippen molar-refractivity contribution in [1.29, 1.82) is 0 Å². The van der Waals surface area contributed by atoms with Crippen LogP contribution in [0.3, 0.4) is 0 Å². The van der Waals surface area contributed by atoms with E-state index in [0.717, 1.165) is 11.6 Å². The highest BCUT2D eigenvalue weighted by Gasteiger charge is 2.42. The van der Waals surface area contributed by atoms with Gasteiger partial charge in [-0.3, -0.25) is 9.59 Å². The average molecular weight is 426 g/mol. The summed E-state index contributed by atoms with van der Waals surface area (Å²) in [5, 5.41) is 0. The lowest BCUT2D eigenvalue weighted by atomic mass is 10.1. The van der Waals surface area contributed by atoms with Gasteiger partial charge >= 0.3 is 0 Å². The molecule has 0 saturated carbocycles. The number of imidazole rings is 1. The molecule has 4 aromatic rings. The van der Waals surface area contributed by atoms with Crippen molar-refractivity contribution in [2.75, 3.05) is 0 Å². The van der Waals surface area contributed by atoms with Gasteiger partial charge in [0.05, 0.1) is 16.7 Å². The van der Waals surface area contributed by atoms with E-state index in [-0.39, 0.29) is 11.5 Å². The van der Waals surface area contributed by atoms with Gasteiger partial charge in [-0.25, -0.2) is 17.6 Å². The minimum Gasteiger partial charge on any atom is -0.437 e. The summed E-state index contributed by atoms with van der Waals surface area (Å²) in [4.78, 5) is 29.3. The topological polar surface area (TPSA) is 65.1 Å². The molecule has 0 unspecified atom stereocenters. The van der Waals surface area contributed by atoms with Crippen LogP contribution in [-0.2, 0) is 7.05 Å². The first-order valence-electron chi connectivity index (χ1n) is 8.98. The number of carbonyl (C=O) groups is 2. The van der Waals surface area contributed by atoms with Gasteiger partial charge in [0.1, 0.15) is 17.1 Å². The third-order valence-electron chi connectivity index (χ3n) is 5.13. The second-order valence-electron chi connectivity index (χ2n) is 6.92. The van der Waals surface area contributed by atoms with Crippen molar-refractivity contribution in [1.82, 2.24) is 9.55 Å². The Hall–Kier alpha value is -4.01.